The summed E-state index contributed by atoms with van der Waals surface area (Å²) in [6.45, 7) is 9.66. The van der Waals surface area contributed by atoms with E-state index in [1.807, 2.05) is 0 Å². The standard InChI is InChI=1S/C13H28N2/c1-12(2)5-4-10-15(3)11-13-6-8-14-9-7-13/h12-14H,4-11H2,1-3H3. The molecule has 0 radical (unpaired) electrons. The molecule has 0 bridgehead atoms. The van der Waals surface area contributed by atoms with Crippen LogP contribution < -0.4 is 5.32 Å². The fourth-order valence-electron chi connectivity index (χ4n) is 2.37. The summed E-state index contributed by atoms with van der Waals surface area (Å²) in [5, 5.41) is 3.43. The smallest absolute Gasteiger partial charge is 0.000755 e. The number of piperidine rings is 1. The van der Waals surface area contributed by atoms with Crippen LogP contribution in [-0.4, -0.2) is 38.1 Å². The maximum atomic E-state index is 3.43. The Morgan fingerprint density at radius 2 is 1.93 bits per heavy atom. The van der Waals surface area contributed by atoms with Crippen molar-refractivity contribution in [3.8, 4) is 0 Å². The molecule has 15 heavy (non-hydrogen) atoms. The second-order valence-electron chi connectivity index (χ2n) is 5.49. The van der Waals surface area contributed by atoms with Crippen LogP contribution >= 0.6 is 0 Å². The highest BCUT2D eigenvalue weighted by Crippen LogP contribution is 2.13. The van der Waals surface area contributed by atoms with E-state index >= 15 is 0 Å². The van der Waals surface area contributed by atoms with Gasteiger partial charge in [0.1, 0.15) is 0 Å². The highest BCUT2D eigenvalue weighted by Gasteiger charge is 2.14. The molecule has 90 valence electrons. The minimum absolute atomic E-state index is 0.859. The molecule has 0 aliphatic carbocycles. The zero-order valence-corrected chi connectivity index (χ0v) is 10.8. The van der Waals surface area contributed by atoms with Crippen molar-refractivity contribution in [1.82, 2.24) is 10.2 Å². The van der Waals surface area contributed by atoms with Crippen molar-refractivity contribution in [3.05, 3.63) is 0 Å². The van der Waals surface area contributed by atoms with Crippen LogP contribution in [0.15, 0.2) is 0 Å². The quantitative estimate of drug-likeness (QED) is 0.727. The van der Waals surface area contributed by atoms with Gasteiger partial charge >= 0.3 is 0 Å². The lowest BCUT2D eigenvalue weighted by Crippen LogP contribution is -2.34. The molecule has 0 amide bonds. The fraction of sp³-hybridized carbons (Fsp3) is 1.00. The number of hydrogen-bond acceptors (Lipinski definition) is 2. The normalized spacial score (nSPS) is 19.0. The molecule has 0 atom stereocenters. The van der Waals surface area contributed by atoms with Gasteiger partial charge in [0.2, 0.25) is 0 Å². The SMILES string of the molecule is CC(C)CCCN(C)CC1CCNCC1. The van der Waals surface area contributed by atoms with Gasteiger partial charge in [0.15, 0.2) is 0 Å². The second-order valence-corrected chi connectivity index (χ2v) is 5.49. The van der Waals surface area contributed by atoms with Crippen molar-refractivity contribution in [3.63, 3.8) is 0 Å². The van der Waals surface area contributed by atoms with Crippen LogP contribution in [0.2, 0.25) is 0 Å². The largest absolute Gasteiger partial charge is 0.317 e. The molecular weight excluding hydrogens is 184 g/mol. The average molecular weight is 212 g/mol. The molecule has 0 spiro atoms. The molecule has 1 saturated heterocycles. The van der Waals surface area contributed by atoms with Crippen LogP contribution in [0, 0.1) is 11.8 Å². The molecule has 2 nitrogen and oxygen atoms in total. The highest BCUT2D eigenvalue weighted by atomic mass is 15.1. The van der Waals surface area contributed by atoms with Crippen molar-refractivity contribution in [2.45, 2.75) is 39.5 Å². The van der Waals surface area contributed by atoms with Crippen LogP contribution in [0.5, 0.6) is 0 Å². The van der Waals surface area contributed by atoms with Crippen molar-refractivity contribution >= 4 is 0 Å². The zero-order valence-electron chi connectivity index (χ0n) is 10.8. The predicted octanol–water partition coefficient (Wildman–Crippen LogP) is 2.35. The summed E-state index contributed by atoms with van der Waals surface area (Å²) in [4.78, 5) is 2.53. The highest BCUT2D eigenvalue weighted by molar-refractivity contribution is 4.71. The van der Waals surface area contributed by atoms with Crippen LogP contribution in [0.1, 0.15) is 39.5 Å². The predicted molar refractivity (Wildman–Crippen MR) is 67.2 cm³/mol. The summed E-state index contributed by atoms with van der Waals surface area (Å²) < 4.78 is 0. The van der Waals surface area contributed by atoms with E-state index in [9.17, 15) is 0 Å². The molecule has 0 aromatic carbocycles. The van der Waals surface area contributed by atoms with Gasteiger partial charge in [-0.25, -0.2) is 0 Å². The Morgan fingerprint density at radius 3 is 2.53 bits per heavy atom. The first-order valence-corrected chi connectivity index (χ1v) is 6.57. The first-order valence-electron chi connectivity index (χ1n) is 6.57. The third kappa shape index (κ3) is 6.16. The minimum Gasteiger partial charge on any atom is -0.317 e. The van der Waals surface area contributed by atoms with Gasteiger partial charge in [-0.05, 0) is 64.2 Å². The van der Waals surface area contributed by atoms with Gasteiger partial charge in [0.05, 0.1) is 0 Å². The van der Waals surface area contributed by atoms with Gasteiger partial charge in [-0.15, -0.1) is 0 Å². The molecule has 0 saturated carbocycles. The molecule has 0 aromatic heterocycles. The molecule has 2 heteroatoms. The Balaban J connectivity index is 2.03. The topological polar surface area (TPSA) is 15.3 Å². The molecule has 1 fully saturated rings. The summed E-state index contributed by atoms with van der Waals surface area (Å²) in [7, 11) is 2.28. The molecule has 1 aliphatic heterocycles. The van der Waals surface area contributed by atoms with Crippen molar-refractivity contribution in [1.29, 1.82) is 0 Å². The monoisotopic (exact) mass is 212 g/mol. The Kier molecular flexibility index (Phi) is 6.26. The van der Waals surface area contributed by atoms with Crippen molar-refractivity contribution in [2.24, 2.45) is 11.8 Å². The summed E-state index contributed by atoms with van der Waals surface area (Å²) in [6, 6.07) is 0. The molecule has 0 unspecified atom stereocenters. The van der Waals surface area contributed by atoms with Crippen molar-refractivity contribution < 1.29 is 0 Å². The van der Waals surface area contributed by atoms with E-state index < -0.39 is 0 Å². The first kappa shape index (κ1) is 13.0. The minimum atomic E-state index is 0.859. The van der Waals surface area contributed by atoms with E-state index in [1.54, 1.807) is 0 Å². The van der Waals surface area contributed by atoms with Crippen LogP contribution in [-0.2, 0) is 0 Å². The van der Waals surface area contributed by atoms with Gasteiger partial charge in [0, 0.05) is 6.54 Å². The van der Waals surface area contributed by atoms with E-state index in [1.165, 1.54) is 51.9 Å². The zero-order chi connectivity index (χ0) is 11.1. The Labute approximate surface area is 95.4 Å². The maximum absolute atomic E-state index is 3.43. The Morgan fingerprint density at radius 1 is 1.27 bits per heavy atom. The molecule has 1 rings (SSSR count). The van der Waals surface area contributed by atoms with E-state index in [2.05, 4.69) is 31.1 Å². The summed E-state index contributed by atoms with van der Waals surface area (Å²) in [5.41, 5.74) is 0. The fourth-order valence-corrected chi connectivity index (χ4v) is 2.37. The van der Waals surface area contributed by atoms with E-state index in [-0.39, 0.29) is 0 Å². The van der Waals surface area contributed by atoms with E-state index in [0.29, 0.717) is 0 Å². The van der Waals surface area contributed by atoms with E-state index in [0.717, 1.165) is 11.8 Å². The molecule has 1 N–H and O–H groups in total. The van der Waals surface area contributed by atoms with Gasteiger partial charge in [0.25, 0.3) is 0 Å². The lowest BCUT2D eigenvalue weighted by Gasteiger charge is -2.27. The number of hydrogen-bond donors (Lipinski definition) is 1. The third-order valence-corrected chi connectivity index (χ3v) is 3.35. The van der Waals surface area contributed by atoms with Crippen LogP contribution in [0.25, 0.3) is 0 Å². The molecular formula is C13H28N2. The lowest BCUT2D eigenvalue weighted by atomic mass is 9.97. The van der Waals surface area contributed by atoms with Crippen LogP contribution in [0.4, 0.5) is 0 Å². The average Bonchev–Trinajstić information content (AvgIpc) is 2.18. The second kappa shape index (κ2) is 7.24. The number of nitrogens with one attached hydrogen (secondary N) is 1. The maximum Gasteiger partial charge on any atom is 0.000755 e. The van der Waals surface area contributed by atoms with Gasteiger partial charge in [-0.3, -0.25) is 0 Å². The van der Waals surface area contributed by atoms with Gasteiger partial charge in [-0.2, -0.15) is 0 Å². The number of nitrogens with zero attached hydrogens (tertiary/aromatic N) is 1. The summed E-state index contributed by atoms with van der Waals surface area (Å²) in [5.74, 6) is 1.80. The van der Waals surface area contributed by atoms with Crippen molar-refractivity contribution in [2.75, 3.05) is 33.2 Å². The first-order chi connectivity index (χ1) is 7.18. The molecule has 1 aliphatic rings. The van der Waals surface area contributed by atoms with Gasteiger partial charge in [-0.1, -0.05) is 13.8 Å². The summed E-state index contributed by atoms with van der Waals surface area (Å²) >= 11 is 0. The van der Waals surface area contributed by atoms with Gasteiger partial charge < -0.3 is 10.2 Å². The Hall–Kier alpha value is -0.0800. The summed E-state index contributed by atoms with van der Waals surface area (Å²) in [6.07, 6.45) is 5.47. The Bertz CT molecular complexity index is 151. The van der Waals surface area contributed by atoms with Crippen LogP contribution in [0.3, 0.4) is 0 Å². The van der Waals surface area contributed by atoms with E-state index in [4.69, 9.17) is 0 Å². The number of rotatable bonds is 6. The lowest BCUT2D eigenvalue weighted by molar-refractivity contribution is 0.234. The molecule has 1 heterocycles. The third-order valence-electron chi connectivity index (χ3n) is 3.35. The molecule has 0 aromatic rings.